The van der Waals surface area contributed by atoms with Crippen LogP contribution in [-0.2, 0) is 14.4 Å². The van der Waals surface area contributed by atoms with Crippen molar-refractivity contribution in [2.75, 3.05) is 0 Å². The topological polar surface area (TPSA) is 75.3 Å². The van der Waals surface area contributed by atoms with Gasteiger partial charge in [-0.2, -0.15) is 0 Å². The van der Waals surface area contributed by atoms with E-state index >= 15 is 0 Å². The summed E-state index contributed by atoms with van der Waals surface area (Å²) >= 11 is 0. The highest BCUT2D eigenvalue weighted by atomic mass is 16.2. The maximum Gasteiger partial charge on any atom is 0.305 e. The summed E-state index contributed by atoms with van der Waals surface area (Å²) in [7, 11) is 0. The average Bonchev–Trinajstić information content (AvgIpc) is 2.68. The third-order valence-electron chi connectivity index (χ3n) is 4.90. The number of amides is 2. The van der Waals surface area contributed by atoms with Crippen LogP contribution in [0.4, 0.5) is 0 Å². The maximum absolute atomic E-state index is 11.6. The lowest BCUT2D eigenvalue weighted by Crippen LogP contribution is -2.44. The SMILES string of the molecule is CCCCCCCCCCCCCCCCCC(=O)NNC(=O)C(=O)CC. The van der Waals surface area contributed by atoms with Crippen molar-refractivity contribution in [3.8, 4) is 0 Å². The third kappa shape index (κ3) is 17.8. The molecule has 0 aromatic carbocycles. The van der Waals surface area contributed by atoms with E-state index in [1.807, 2.05) is 0 Å². The van der Waals surface area contributed by atoms with E-state index in [2.05, 4.69) is 17.8 Å². The van der Waals surface area contributed by atoms with Crippen molar-refractivity contribution in [3.63, 3.8) is 0 Å². The normalized spacial score (nSPS) is 10.6. The zero-order valence-corrected chi connectivity index (χ0v) is 17.7. The monoisotopic (exact) mass is 382 g/mol. The Hall–Kier alpha value is -1.39. The molecule has 0 aliphatic carbocycles. The molecule has 0 bridgehead atoms. The van der Waals surface area contributed by atoms with Gasteiger partial charge in [-0.3, -0.25) is 25.2 Å². The largest absolute Gasteiger partial charge is 0.305 e. The average molecular weight is 383 g/mol. The molecule has 0 saturated heterocycles. The number of carbonyl (C=O) groups is 3. The molecule has 0 aliphatic rings. The smallest absolute Gasteiger partial charge is 0.289 e. The van der Waals surface area contributed by atoms with E-state index in [4.69, 9.17) is 0 Å². The molecular formula is C22H42N2O3. The van der Waals surface area contributed by atoms with Gasteiger partial charge in [-0.15, -0.1) is 0 Å². The fourth-order valence-corrected chi connectivity index (χ4v) is 3.08. The Kier molecular flexibility index (Phi) is 18.4. The van der Waals surface area contributed by atoms with Gasteiger partial charge in [-0.05, 0) is 6.42 Å². The first-order chi connectivity index (χ1) is 13.1. The highest BCUT2D eigenvalue weighted by molar-refractivity contribution is 6.36. The summed E-state index contributed by atoms with van der Waals surface area (Å²) in [6, 6.07) is 0. The summed E-state index contributed by atoms with van der Waals surface area (Å²) in [4.78, 5) is 33.8. The minimum atomic E-state index is -0.748. The molecule has 2 N–H and O–H groups in total. The predicted octanol–water partition coefficient (Wildman–Crippen LogP) is 5.37. The molecule has 0 radical (unpaired) electrons. The summed E-state index contributed by atoms with van der Waals surface area (Å²) < 4.78 is 0. The fourth-order valence-electron chi connectivity index (χ4n) is 3.08. The minimum absolute atomic E-state index is 0.140. The first-order valence-electron chi connectivity index (χ1n) is 11.2. The number of hydrazine groups is 1. The zero-order valence-electron chi connectivity index (χ0n) is 17.7. The standard InChI is InChI=1S/C22H42N2O3/c1-3-5-6-7-8-9-10-11-12-13-14-15-16-17-18-19-21(26)23-24-22(27)20(25)4-2/h3-19H2,1-2H3,(H,23,26)(H,24,27). The van der Waals surface area contributed by atoms with Crippen LogP contribution >= 0.6 is 0 Å². The number of carbonyl (C=O) groups excluding carboxylic acids is 3. The van der Waals surface area contributed by atoms with E-state index < -0.39 is 11.7 Å². The first kappa shape index (κ1) is 25.6. The van der Waals surface area contributed by atoms with Crippen molar-refractivity contribution in [1.82, 2.24) is 10.9 Å². The lowest BCUT2D eigenvalue weighted by atomic mass is 10.0. The van der Waals surface area contributed by atoms with E-state index in [1.54, 1.807) is 6.92 Å². The number of unbranched alkanes of at least 4 members (excludes halogenated alkanes) is 14. The van der Waals surface area contributed by atoms with Gasteiger partial charge in [0.05, 0.1) is 0 Å². The summed E-state index contributed by atoms with van der Waals surface area (Å²) in [5, 5.41) is 0. The molecule has 0 unspecified atom stereocenters. The Balaban J connectivity index is 3.25. The van der Waals surface area contributed by atoms with Crippen LogP contribution in [0.3, 0.4) is 0 Å². The molecule has 0 spiro atoms. The number of hydrogen-bond acceptors (Lipinski definition) is 3. The number of nitrogens with one attached hydrogen (secondary N) is 2. The number of rotatable bonds is 18. The second-order valence-corrected chi connectivity index (χ2v) is 7.48. The van der Waals surface area contributed by atoms with Crippen molar-refractivity contribution in [3.05, 3.63) is 0 Å². The van der Waals surface area contributed by atoms with E-state index in [0.717, 1.165) is 19.3 Å². The molecule has 0 atom stereocenters. The molecule has 5 heteroatoms. The fraction of sp³-hybridized carbons (Fsp3) is 0.864. The van der Waals surface area contributed by atoms with Crippen molar-refractivity contribution >= 4 is 17.6 Å². The lowest BCUT2D eigenvalue weighted by Gasteiger charge is -2.06. The van der Waals surface area contributed by atoms with Crippen LogP contribution in [0.2, 0.25) is 0 Å². The summed E-state index contributed by atoms with van der Waals surface area (Å²) in [6.07, 6.45) is 19.9. The molecular weight excluding hydrogens is 340 g/mol. The van der Waals surface area contributed by atoms with Crippen molar-refractivity contribution < 1.29 is 14.4 Å². The van der Waals surface area contributed by atoms with Crippen molar-refractivity contribution in [2.45, 2.75) is 123 Å². The molecule has 0 heterocycles. The van der Waals surface area contributed by atoms with Crippen molar-refractivity contribution in [2.24, 2.45) is 0 Å². The molecule has 0 aromatic rings. The number of Topliss-reactive ketones (excluding diaryl/α,β-unsaturated/α-hetero) is 1. The Labute approximate surface area is 166 Å². The third-order valence-corrected chi connectivity index (χ3v) is 4.90. The molecule has 0 fully saturated rings. The molecule has 0 saturated carbocycles. The van der Waals surface area contributed by atoms with Crippen LogP contribution in [0.25, 0.3) is 0 Å². The van der Waals surface area contributed by atoms with Crippen LogP contribution < -0.4 is 10.9 Å². The van der Waals surface area contributed by atoms with E-state index in [0.29, 0.717) is 6.42 Å². The van der Waals surface area contributed by atoms with Gasteiger partial charge in [0.2, 0.25) is 11.7 Å². The molecule has 2 amide bonds. The Morgan fingerprint density at radius 3 is 1.37 bits per heavy atom. The van der Waals surface area contributed by atoms with Crippen molar-refractivity contribution in [1.29, 1.82) is 0 Å². The quantitative estimate of drug-likeness (QED) is 0.190. The molecule has 0 aromatic heterocycles. The molecule has 158 valence electrons. The van der Waals surface area contributed by atoms with Gasteiger partial charge in [0.1, 0.15) is 0 Å². The Morgan fingerprint density at radius 2 is 0.963 bits per heavy atom. The van der Waals surface area contributed by atoms with Crippen LogP contribution in [-0.4, -0.2) is 17.6 Å². The van der Waals surface area contributed by atoms with Gasteiger partial charge < -0.3 is 0 Å². The second-order valence-electron chi connectivity index (χ2n) is 7.48. The highest BCUT2D eigenvalue weighted by Gasteiger charge is 2.11. The lowest BCUT2D eigenvalue weighted by molar-refractivity contribution is -0.139. The van der Waals surface area contributed by atoms with Gasteiger partial charge >= 0.3 is 5.91 Å². The van der Waals surface area contributed by atoms with Crippen LogP contribution in [0.15, 0.2) is 0 Å². The molecule has 0 rings (SSSR count). The highest BCUT2D eigenvalue weighted by Crippen LogP contribution is 2.13. The van der Waals surface area contributed by atoms with Crippen LogP contribution in [0, 0.1) is 0 Å². The second kappa shape index (κ2) is 19.4. The van der Waals surface area contributed by atoms with Gasteiger partial charge in [0.25, 0.3) is 0 Å². The van der Waals surface area contributed by atoms with Gasteiger partial charge in [-0.25, -0.2) is 0 Å². The summed E-state index contributed by atoms with van der Waals surface area (Å²) in [5.74, 6) is -1.51. The Morgan fingerprint density at radius 1 is 0.556 bits per heavy atom. The van der Waals surface area contributed by atoms with Gasteiger partial charge in [-0.1, -0.05) is 104 Å². The Bertz CT molecular complexity index is 397. The first-order valence-corrected chi connectivity index (χ1v) is 11.2. The summed E-state index contributed by atoms with van der Waals surface area (Å²) in [6.45, 7) is 3.87. The minimum Gasteiger partial charge on any atom is -0.289 e. The molecule has 0 aliphatic heterocycles. The number of hydrogen-bond donors (Lipinski definition) is 2. The van der Waals surface area contributed by atoms with Crippen LogP contribution in [0.5, 0.6) is 0 Å². The van der Waals surface area contributed by atoms with E-state index in [-0.39, 0.29) is 12.3 Å². The molecule has 5 nitrogen and oxygen atoms in total. The maximum atomic E-state index is 11.6. The van der Waals surface area contributed by atoms with E-state index in [9.17, 15) is 14.4 Å². The zero-order chi connectivity index (χ0) is 20.2. The predicted molar refractivity (Wildman–Crippen MR) is 111 cm³/mol. The molecule has 27 heavy (non-hydrogen) atoms. The van der Waals surface area contributed by atoms with E-state index in [1.165, 1.54) is 77.0 Å². The van der Waals surface area contributed by atoms with Crippen LogP contribution in [0.1, 0.15) is 123 Å². The number of ketones is 1. The van der Waals surface area contributed by atoms with Gasteiger partial charge in [0.15, 0.2) is 0 Å². The summed E-state index contributed by atoms with van der Waals surface area (Å²) in [5.41, 5.74) is 4.44. The van der Waals surface area contributed by atoms with Gasteiger partial charge in [0, 0.05) is 12.8 Å².